The molecule has 5 nitrogen and oxygen atoms in total. The van der Waals surface area contributed by atoms with Crippen LogP contribution in [0.4, 0.5) is 10.2 Å². The molecule has 0 bridgehead atoms. The molecule has 1 heterocycles. The van der Waals surface area contributed by atoms with E-state index < -0.39 is 6.08 Å². The van der Waals surface area contributed by atoms with Crippen molar-refractivity contribution in [2.45, 2.75) is 0 Å². The van der Waals surface area contributed by atoms with Crippen LogP contribution in [0, 0.1) is 28.7 Å². The predicted molar refractivity (Wildman–Crippen MR) is 50.4 cm³/mol. The zero-order chi connectivity index (χ0) is 11.3. The van der Waals surface area contributed by atoms with E-state index in [9.17, 15) is 4.39 Å². The second kappa shape index (κ2) is 5.08. The quantitative estimate of drug-likeness (QED) is 0.569. The minimum absolute atomic E-state index is 0.0484. The summed E-state index contributed by atoms with van der Waals surface area (Å²) < 4.78 is 12.7. The van der Waals surface area contributed by atoms with Gasteiger partial charge in [-0.3, -0.25) is 0 Å². The summed E-state index contributed by atoms with van der Waals surface area (Å²) in [6, 6.07) is 3.66. The monoisotopic (exact) mass is 225 g/mol. The van der Waals surface area contributed by atoms with Crippen molar-refractivity contribution >= 4 is 17.4 Å². The third-order valence-corrected chi connectivity index (χ3v) is 1.79. The predicted octanol–water partition coefficient (Wildman–Crippen LogP) is 1.12. The number of hydrogen-bond acceptors (Lipinski definition) is 5. The van der Waals surface area contributed by atoms with Gasteiger partial charge >= 0.3 is 6.08 Å². The number of rotatable bonds is 3. The first-order valence-corrected chi connectivity index (χ1v) is 4.23. The number of halogens is 2. The molecule has 0 saturated carbocycles. The van der Waals surface area contributed by atoms with Crippen LogP contribution < -0.4 is 4.90 Å². The fourth-order valence-corrected chi connectivity index (χ4v) is 1.15. The number of nitrogens with zero attached hydrogens (tertiary/aromatic N) is 5. The van der Waals surface area contributed by atoms with Crippen molar-refractivity contribution in [3.63, 3.8) is 0 Å². The number of anilines is 1. The molecular formula is C8H5ClFN5. The van der Waals surface area contributed by atoms with Crippen LogP contribution in [0.2, 0.25) is 5.02 Å². The smallest absolute Gasteiger partial charge is 0.310 e. The fraction of sp³-hybridized carbons (Fsp3) is 0.250. The van der Waals surface area contributed by atoms with Gasteiger partial charge in [-0.15, -0.1) is 0 Å². The molecule has 0 spiro atoms. The normalized spacial score (nSPS) is 9.07. The van der Waals surface area contributed by atoms with Gasteiger partial charge < -0.3 is 4.90 Å². The van der Waals surface area contributed by atoms with E-state index in [1.807, 2.05) is 12.1 Å². The van der Waals surface area contributed by atoms with Crippen LogP contribution >= 0.6 is 11.6 Å². The van der Waals surface area contributed by atoms with Gasteiger partial charge in [-0.05, 0) is 0 Å². The molecule has 0 amide bonds. The maximum atomic E-state index is 12.7. The van der Waals surface area contributed by atoms with Crippen LogP contribution in [-0.2, 0) is 0 Å². The molecule has 0 fully saturated rings. The minimum Gasteiger partial charge on any atom is -0.329 e. The molecule has 76 valence electrons. The molecule has 7 heteroatoms. The molecule has 15 heavy (non-hydrogen) atoms. The molecule has 1 aromatic rings. The van der Waals surface area contributed by atoms with E-state index in [1.165, 1.54) is 4.90 Å². The Kier molecular flexibility index (Phi) is 3.78. The van der Waals surface area contributed by atoms with Gasteiger partial charge in [0.1, 0.15) is 18.1 Å². The van der Waals surface area contributed by atoms with Crippen molar-refractivity contribution in [2.75, 3.05) is 18.0 Å². The molecule has 0 saturated heterocycles. The first kappa shape index (κ1) is 11.2. The van der Waals surface area contributed by atoms with E-state index >= 15 is 0 Å². The topological polar surface area (TPSA) is 76.6 Å². The Morgan fingerprint density at radius 1 is 1.40 bits per heavy atom. The highest BCUT2D eigenvalue weighted by Crippen LogP contribution is 2.21. The lowest BCUT2D eigenvalue weighted by Gasteiger charge is -2.17. The lowest BCUT2D eigenvalue weighted by Crippen LogP contribution is -2.25. The molecule has 0 aliphatic rings. The first-order valence-electron chi connectivity index (χ1n) is 3.86. The zero-order valence-corrected chi connectivity index (χ0v) is 8.24. The van der Waals surface area contributed by atoms with Gasteiger partial charge in [0.25, 0.3) is 0 Å². The lowest BCUT2D eigenvalue weighted by atomic mass is 10.4. The summed E-state index contributed by atoms with van der Waals surface area (Å²) in [6.07, 6.45) is 0.135. The molecule has 0 aliphatic carbocycles. The SMILES string of the molecule is N#CCN(CC#N)c1nc(F)ncc1Cl. The van der Waals surface area contributed by atoms with Crippen LogP contribution in [0.3, 0.4) is 0 Å². The Labute approximate surface area is 90.3 Å². The summed E-state index contributed by atoms with van der Waals surface area (Å²) in [7, 11) is 0. The fourth-order valence-electron chi connectivity index (χ4n) is 0.935. The maximum absolute atomic E-state index is 12.7. The third kappa shape index (κ3) is 2.76. The van der Waals surface area contributed by atoms with Gasteiger partial charge in [0.15, 0.2) is 5.82 Å². The van der Waals surface area contributed by atoms with Gasteiger partial charge in [-0.1, -0.05) is 11.6 Å². The molecule has 0 aromatic carbocycles. The van der Waals surface area contributed by atoms with E-state index in [0.717, 1.165) is 6.20 Å². The third-order valence-electron chi connectivity index (χ3n) is 1.52. The minimum atomic E-state index is -0.949. The average Bonchev–Trinajstić information content (AvgIpc) is 2.21. The van der Waals surface area contributed by atoms with Crippen molar-refractivity contribution in [3.8, 4) is 12.1 Å². The van der Waals surface area contributed by atoms with E-state index in [0.29, 0.717) is 0 Å². The molecule has 1 rings (SSSR count). The molecule has 0 N–H and O–H groups in total. The van der Waals surface area contributed by atoms with Gasteiger partial charge in [0, 0.05) is 0 Å². The highest BCUT2D eigenvalue weighted by Gasteiger charge is 2.13. The summed E-state index contributed by atoms with van der Waals surface area (Å²) in [6.45, 7) is -0.187. The highest BCUT2D eigenvalue weighted by atomic mass is 35.5. The Hall–Kier alpha value is -1.92. The largest absolute Gasteiger partial charge is 0.329 e. The summed E-state index contributed by atoms with van der Waals surface area (Å²) in [4.78, 5) is 7.92. The van der Waals surface area contributed by atoms with Gasteiger partial charge in [0.2, 0.25) is 0 Å². The molecule has 1 aromatic heterocycles. The van der Waals surface area contributed by atoms with E-state index in [-0.39, 0.29) is 23.9 Å². The Balaban J connectivity index is 3.06. The van der Waals surface area contributed by atoms with Crippen LogP contribution in [0.25, 0.3) is 0 Å². The Morgan fingerprint density at radius 3 is 2.53 bits per heavy atom. The van der Waals surface area contributed by atoms with Gasteiger partial charge in [0.05, 0.1) is 18.3 Å². The van der Waals surface area contributed by atoms with Crippen molar-refractivity contribution in [1.82, 2.24) is 9.97 Å². The van der Waals surface area contributed by atoms with Crippen molar-refractivity contribution in [2.24, 2.45) is 0 Å². The van der Waals surface area contributed by atoms with Crippen LogP contribution in [-0.4, -0.2) is 23.1 Å². The second-order valence-electron chi connectivity index (χ2n) is 2.48. The number of nitriles is 2. The second-order valence-corrected chi connectivity index (χ2v) is 2.89. The maximum Gasteiger partial charge on any atom is 0.310 e. The molecular weight excluding hydrogens is 221 g/mol. The van der Waals surface area contributed by atoms with Gasteiger partial charge in [-0.25, -0.2) is 4.98 Å². The lowest BCUT2D eigenvalue weighted by molar-refractivity contribution is 0.538. The highest BCUT2D eigenvalue weighted by molar-refractivity contribution is 6.32. The molecule has 0 aliphatic heterocycles. The molecule has 0 radical (unpaired) electrons. The summed E-state index contributed by atoms with van der Waals surface area (Å²) in [5.74, 6) is 0.0484. The van der Waals surface area contributed by atoms with E-state index in [4.69, 9.17) is 22.1 Å². The van der Waals surface area contributed by atoms with E-state index in [1.54, 1.807) is 0 Å². The van der Waals surface area contributed by atoms with Crippen molar-refractivity contribution < 1.29 is 4.39 Å². The van der Waals surface area contributed by atoms with Crippen LogP contribution in [0.1, 0.15) is 0 Å². The van der Waals surface area contributed by atoms with E-state index in [2.05, 4.69) is 9.97 Å². The van der Waals surface area contributed by atoms with Crippen LogP contribution in [0.5, 0.6) is 0 Å². The summed E-state index contributed by atoms with van der Waals surface area (Å²) in [5.41, 5.74) is 0. The number of hydrogen-bond donors (Lipinski definition) is 0. The Bertz CT molecular complexity index is 420. The first-order chi connectivity index (χ1) is 7.19. The Morgan fingerprint density at radius 2 is 2.00 bits per heavy atom. The van der Waals surface area contributed by atoms with Crippen molar-refractivity contribution in [1.29, 1.82) is 10.5 Å². The standard InChI is InChI=1S/C8H5ClFN5/c9-6-5-13-8(10)14-7(6)15(3-1-11)4-2-12/h5H,3-4H2. The summed E-state index contributed by atoms with van der Waals surface area (Å²) >= 11 is 5.71. The summed E-state index contributed by atoms with van der Waals surface area (Å²) in [5, 5.41) is 17.1. The zero-order valence-electron chi connectivity index (χ0n) is 7.48. The molecule has 0 unspecified atom stereocenters. The van der Waals surface area contributed by atoms with Crippen molar-refractivity contribution in [3.05, 3.63) is 17.3 Å². The van der Waals surface area contributed by atoms with Crippen LogP contribution in [0.15, 0.2) is 6.20 Å². The molecule has 0 atom stereocenters. The van der Waals surface area contributed by atoms with Gasteiger partial charge in [-0.2, -0.15) is 19.9 Å². The average molecular weight is 226 g/mol. The number of aromatic nitrogens is 2.